The number of hydrogen-bond acceptors (Lipinski definition) is 5. The molecule has 8 nitrogen and oxygen atoms in total. The highest BCUT2D eigenvalue weighted by atomic mass is 16.1. The predicted octanol–water partition coefficient (Wildman–Crippen LogP) is -0.652. The normalized spacial score (nSPS) is 10.3. The first kappa shape index (κ1) is 10.1. The van der Waals surface area contributed by atoms with Crippen LogP contribution in [-0.2, 0) is 6.54 Å². The second-order valence-electron chi connectivity index (χ2n) is 3.23. The fraction of sp³-hybridized carbons (Fsp3) is 0.250. The van der Waals surface area contributed by atoms with Crippen LogP contribution in [0.25, 0.3) is 0 Å². The summed E-state index contributed by atoms with van der Waals surface area (Å²) >= 11 is 0. The van der Waals surface area contributed by atoms with Gasteiger partial charge in [0.05, 0.1) is 17.9 Å². The highest BCUT2D eigenvalue weighted by Crippen LogP contribution is 2.11. The molecule has 2 aromatic rings. The maximum atomic E-state index is 11.6. The Kier molecular flexibility index (Phi) is 2.54. The molecule has 2 heterocycles. The number of nitrogens with zero attached hydrogens (tertiary/aromatic N) is 3. The zero-order valence-electron chi connectivity index (χ0n) is 8.61. The van der Waals surface area contributed by atoms with Gasteiger partial charge in [-0.1, -0.05) is 0 Å². The van der Waals surface area contributed by atoms with Crippen LogP contribution in [0.5, 0.6) is 0 Å². The number of hydrogen-bond donors (Lipinski definition) is 4. The van der Waals surface area contributed by atoms with E-state index in [4.69, 9.17) is 5.73 Å². The van der Waals surface area contributed by atoms with Gasteiger partial charge in [-0.15, -0.1) is 0 Å². The SMILES string of the molecule is Cc1[nH]nc(C(=O)NCc2ncn[nH]2)c1N. The van der Waals surface area contributed by atoms with Gasteiger partial charge in [-0.25, -0.2) is 4.98 Å². The van der Waals surface area contributed by atoms with Crippen LogP contribution in [-0.4, -0.2) is 31.3 Å². The van der Waals surface area contributed by atoms with E-state index in [1.54, 1.807) is 6.92 Å². The second kappa shape index (κ2) is 4.01. The molecule has 0 atom stereocenters. The molecule has 5 N–H and O–H groups in total. The minimum absolute atomic E-state index is 0.192. The van der Waals surface area contributed by atoms with Crippen molar-refractivity contribution in [1.82, 2.24) is 30.7 Å². The molecule has 0 spiro atoms. The minimum atomic E-state index is -0.349. The summed E-state index contributed by atoms with van der Waals surface area (Å²) in [7, 11) is 0. The number of nitrogen functional groups attached to an aromatic ring is 1. The predicted molar refractivity (Wildman–Crippen MR) is 55.3 cm³/mol. The minimum Gasteiger partial charge on any atom is -0.395 e. The number of H-pyrrole nitrogens is 2. The van der Waals surface area contributed by atoms with Crippen LogP contribution in [0.3, 0.4) is 0 Å². The van der Waals surface area contributed by atoms with Gasteiger partial charge in [-0.05, 0) is 6.92 Å². The van der Waals surface area contributed by atoms with Crippen molar-refractivity contribution in [2.75, 3.05) is 5.73 Å². The summed E-state index contributed by atoms with van der Waals surface area (Å²) in [5.41, 5.74) is 6.88. The summed E-state index contributed by atoms with van der Waals surface area (Å²) in [5, 5.41) is 15.4. The van der Waals surface area contributed by atoms with Crippen molar-refractivity contribution in [2.24, 2.45) is 0 Å². The van der Waals surface area contributed by atoms with Crippen LogP contribution in [0.15, 0.2) is 6.33 Å². The third-order valence-corrected chi connectivity index (χ3v) is 2.09. The summed E-state index contributed by atoms with van der Waals surface area (Å²) < 4.78 is 0. The van der Waals surface area contributed by atoms with Crippen molar-refractivity contribution in [3.8, 4) is 0 Å². The Labute approximate surface area is 90.6 Å². The second-order valence-corrected chi connectivity index (χ2v) is 3.23. The highest BCUT2D eigenvalue weighted by molar-refractivity contribution is 5.97. The molecule has 0 saturated carbocycles. The van der Waals surface area contributed by atoms with E-state index < -0.39 is 0 Å². The van der Waals surface area contributed by atoms with E-state index in [1.807, 2.05) is 0 Å². The van der Waals surface area contributed by atoms with Gasteiger partial charge in [0.1, 0.15) is 12.2 Å². The van der Waals surface area contributed by atoms with Crippen LogP contribution in [0, 0.1) is 6.92 Å². The van der Waals surface area contributed by atoms with Crippen LogP contribution < -0.4 is 11.1 Å². The molecule has 2 rings (SSSR count). The monoisotopic (exact) mass is 221 g/mol. The summed E-state index contributed by atoms with van der Waals surface area (Å²) in [4.78, 5) is 15.5. The summed E-state index contributed by atoms with van der Waals surface area (Å²) in [6.07, 6.45) is 1.37. The lowest BCUT2D eigenvalue weighted by Crippen LogP contribution is -2.24. The van der Waals surface area contributed by atoms with E-state index in [9.17, 15) is 4.79 Å². The number of rotatable bonds is 3. The molecule has 0 aliphatic rings. The van der Waals surface area contributed by atoms with Crippen molar-refractivity contribution >= 4 is 11.6 Å². The van der Waals surface area contributed by atoms with Crippen LogP contribution >= 0.6 is 0 Å². The Morgan fingerprint density at radius 2 is 2.38 bits per heavy atom. The number of nitrogens with two attached hydrogens (primary N) is 1. The van der Waals surface area contributed by atoms with E-state index in [1.165, 1.54) is 6.33 Å². The molecule has 0 saturated heterocycles. The van der Waals surface area contributed by atoms with E-state index in [0.29, 0.717) is 17.2 Å². The largest absolute Gasteiger partial charge is 0.395 e. The Morgan fingerprint density at radius 3 is 2.94 bits per heavy atom. The van der Waals surface area contributed by atoms with E-state index in [-0.39, 0.29) is 18.1 Å². The van der Waals surface area contributed by atoms with Crippen LogP contribution in [0.1, 0.15) is 22.0 Å². The number of aromatic nitrogens is 5. The third kappa shape index (κ3) is 1.85. The average Bonchev–Trinajstić information content (AvgIpc) is 2.88. The zero-order chi connectivity index (χ0) is 11.5. The number of carbonyl (C=O) groups is 1. The van der Waals surface area contributed by atoms with Gasteiger partial charge in [0.25, 0.3) is 5.91 Å². The summed E-state index contributed by atoms with van der Waals surface area (Å²) in [5.74, 6) is 0.220. The lowest BCUT2D eigenvalue weighted by atomic mass is 10.3. The maximum Gasteiger partial charge on any atom is 0.274 e. The van der Waals surface area contributed by atoms with Gasteiger partial charge in [0.2, 0.25) is 0 Å². The smallest absolute Gasteiger partial charge is 0.274 e. The Bertz CT molecular complexity index is 486. The first-order valence-corrected chi connectivity index (χ1v) is 4.61. The van der Waals surface area contributed by atoms with Gasteiger partial charge in [-0.2, -0.15) is 10.2 Å². The van der Waals surface area contributed by atoms with Crippen molar-refractivity contribution in [1.29, 1.82) is 0 Å². The fourth-order valence-corrected chi connectivity index (χ4v) is 1.17. The van der Waals surface area contributed by atoms with Crippen molar-refractivity contribution in [3.05, 3.63) is 23.5 Å². The van der Waals surface area contributed by atoms with Gasteiger partial charge < -0.3 is 11.1 Å². The standard InChI is InChI=1S/C8H11N7O/c1-4-6(9)7(15-13-4)8(16)10-2-5-11-3-12-14-5/h3H,2,9H2,1H3,(H,10,16)(H,13,15)(H,11,12,14). The molecule has 0 radical (unpaired) electrons. The molecule has 2 aromatic heterocycles. The van der Waals surface area contributed by atoms with E-state index >= 15 is 0 Å². The molecule has 0 aromatic carbocycles. The first-order chi connectivity index (χ1) is 7.68. The van der Waals surface area contributed by atoms with Crippen LogP contribution in [0.4, 0.5) is 5.69 Å². The molecule has 1 amide bonds. The number of amides is 1. The average molecular weight is 221 g/mol. The lowest BCUT2D eigenvalue weighted by Gasteiger charge is -2.00. The topological polar surface area (TPSA) is 125 Å². The highest BCUT2D eigenvalue weighted by Gasteiger charge is 2.14. The number of aryl methyl sites for hydroxylation is 1. The van der Waals surface area contributed by atoms with Gasteiger partial charge in [-0.3, -0.25) is 15.0 Å². The van der Waals surface area contributed by atoms with E-state index in [2.05, 4.69) is 30.7 Å². The molecule has 16 heavy (non-hydrogen) atoms. The fourth-order valence-electron chi connectivity index (χ4n) is 1.17. The number of anilines is 1. The number of aromatic amines is 2. The summed E-state index contributed by atoms with van der Waals surface area (Å²) in [6.45, 7) is 2.00. The number of carbonyl (C=O) groups excluding carboxylic acids is 1. The Morgan fingerprint density at radius 1 is 1.56 bits per heavy atom. The molecule has 84 valence electrons. The zero-order valence-corrected chi connectivity index (χ0v) is 8.61. The quantitative estimate of drug-likeness (QED) is 0.548. The molecule has 8 heteroatoms. The van der Waals surface area contributed by atoms with Gasteiger partial charge in [0, 0.05) is 0 Å². The molecule has 0 fully saturated rings. The van der Waals surface area contributed by atoms with Crippen molar-refractivity contribution in [2.45, 2.75) is 13.5 Å². The molecule has 0 bridgehead atoms. The van der Waals surface area contributed by atoms with Crippen LogP contribution in [0.2, 0.25) is 0 Å². The Hall–Kier alpha value is -2.38. The van der Waals surface area contributed by atoms with Gasteiger partial charge in [0.15, 0.2) is 5.69 Å². The van der Waals surface area contributed by atoms with Crippen molar-refractivity contribution < 1.29 is 4.79 Å². The molecule has 0 aliphatic carbocycles. The molecule has 0 unspecified atom stereocenters. The third-order valence-electron chi connectivity index (χ3n) is 2.09. The lowest BCUT2D eigenvalue weighted by molar-refractivity contribution is 0.0946. The summed E-state index contributed by atoms with van der Waals surface area (Å²) in [6, 6.07) is 0. The Balaban J connectivity index is 2.01. The molecule has 0 aliphatic heterocycles. The maximum absolute atomic E-state index is 11.6. The number of nitrogens with one attached hydrogen (secondary N) is 3. The van der Waals surface area contributed by atoms with Gasteiger partial charge >= 0.3 is 0 Å². The first-order valence-electron chi connectivity index (χ1n) is 4.61. The molecular formula is C8H11N7O. The molecular weight excluding hydrogens is 210 g/mol. The van der Waals surface area contributed by atoms with Crippen molar-refractivity contribution in [3.63, 3.8) is 0 Å². The van der Waals surface area contributed by atoms with E-state index in [0.717, 1.165) is 0 Å².